The van der Waals surface area contributed by atoms with Crippen LogP contribution in [-0.4, -0.2) is 55.5 Å². The number of amides is 1. The first-order valence-electron chi connectivity index (χ1n) is 7.93. The Hall–Kier alpha value is -1.64. The van der Waals surface area contributed by atoms with Gasteiger partial charge in [0.1, 0.15) is 5.60 Å². The van der Waals surface area contributed by atoms with E-state index < -0.39 is 21.9 Å². The van der Waals surface area contributed by atoms with Gasteiger partial charge < -0.3 is 4.74 Å². The maximum Gasteiger partial charge on any atom is 0.422 e. The number of ether oxygens (including phenoxy) is 1. The van der Waals surface area contributed by atoms with Crippen LogP contribution >= 0.6 is 0 Å². The molecule has 0 aliphatic carbocycles. The van der Waals surface area contributed by atoms with Crippen molar-refractivity contribution in [2.24, 2.45) is 0 Å². The molecule has 0 bridgehead atoms. The summed E-state index contributed by atoms with van der Waals surface area (Å²) in [4.78, 5) is 13.9. The van der Waals surface area contributed by atoms with Crippen LogP contribution in [0.2, 0.25) is 0 Å². The van der Waals surface area contributed by atoms with E-state index in [1.165, 1.54) is 9.87 Å². The van der Waals surface area contributed by atoms with Crippen molar-refractivity contribution in [1.82, 2.24) is 13.9 Å². The topological polar surface area (TPSA) is 78.9 Å². The van der Waals surface area contributed by atoms with Gasteiger partial charge in [0.25, 0.3) is 0 Å². The van der Waals surface area contributed by atoms with Gasteiger partial charge in [-0.2, -0.15) is 12.7 Å². The molecule has 1 aromatic rings. The van der Waals surface area contributed by atoms with E-state index in [0.717, 1.165) is 6.54 Å². The monoisotopic (exact) mass is 355 g/mol. The Morgan fingerprint density at radius 1 is 1.12 bits per heavy atom. The van der Waals surface area contributed by atoms with E-state index in [0.29, 0.717) is 26.2 Å². The third kappa shape index (κ3) is 5.77. The molecule has 2 rings (SSSR count). The lowest BCUT2D eigenvalue weighted by molar-refractivity contribution is 0.0565. The molecule has 1 saturated heterocycles. The number of hydrogen-bond donors (Lipinski definition) is 1. The zero-order valence-corrected chi connectivity index (χ0v) is 15.2. The summed E-state index contributed by atoms with van der Waals surface area (Å²) in [5.74, 6) is 0. The Kier molecular flexibility index (Phi) is 5.84. The van der Waals surface area contributed by atoms with Crippen molar-refractivity contribution < 1.29 is 17.9 Å². The lowest BCUT2D eigenvalue weighted by Gasteiger charge is -2.33. The summed E-state index contributed by atoms with van der Waals surface area (Å²) < 4.78 is 32.7. The fourth-order valence-electron chi connectivity index (χ4n) is 2.44. The maximum absolute atomic E-state index is 12.2. The number of carbonyl (C=O) groups excluding carboxylic acids is 1. The van der Waals surface area contributed by atoms with Crippen LogP contribution in [0.3, 0.4) is 0 Å². The van der Waals surface area contributed by atoms with Crippen molar-refractivity contribution >= 4 is 16.3 Å². The molecule has 134 valence electrons. The SMILES string of the molecule is CC(C)(C)OC(=O)NS(=O)(=O)N1CCN(Cc2ccccc2)CC1. The average Bonchev–Trinajstić information content (AvgIpc) is 2.46. The highest BCUT2D eigenvalue weighted by atomic mass is 32.2. The van der Waals surface area contributed by atoms with Crippen molar-refractivity contribution in [2.45, 2.75) is 32.9 Å². The molecule has 24 heavy (non-hydrogen) atoms. The van der Waals surface area contributed by atoms with Gasteiger partial charge in [0.15, 0.2) is 0 Å². The zero-order chi connectivity index (χ0) is 17.8. The summed E-state index contributed by atoms with van der Waals surface area (Å²) in [5, 5.41) is 0. The number of nitrogens with zero attached hydrogens (tertiary/aromatic N) is 2. The first-order chi connectivity index (χ1) is 11.2. The van der Waals surface area contributed by atoms with Crippen LogP contribution in [0.4, 0.5) is 4.79 Å². The van der Waals surface area contributed by atoms with Crippen molar-refractivity contribution in [1.29, 1.82) is 0 Å². The Morgan fingerprint density at radius 2 is 1.71 bits per heavy atom. The molecule has 0 aromatic heterocycles. The summed E-state index contributed by atoms with van der Waals surface area (Å²) >= 11 is 0. The molecule has 0 saturated carbocycles. The second-order valence-corrected chi connectivity index (χ2v) is 8.44. The first-order valence-corrected chi connectivity index (χ1v) is 9.37. The smallest absolute Gasteiger partial charge is 0.422 e. The molecule has 0 spiro atoms. The van der Waals surface area contributed by atoms with Crippen LogP contribution in [0.5, 0.6) is 0 Å². The van der Waals surface area contributed by atoms with Gasteiger partial charge in [-0.05, 0) is 26.3 Å². The third-order valence-corrected chi connectivity index (χ3v) is 5.00. The van der Waals surface area contributed by atoms with E-state index in [1.807, 2.05) is 35.1 Å². The summed E-state index contributed by atoms with van der Waals surface area (Å²) in [7, 11) is -3.87. The van der Waals surface area contributed by atoms with Gasteiger partial charge in [-0.15, -0.1) is 0 Å². The molecule has 0 radical (unpaired) electrons. The van der Waals surface area contributed by atoms with E-state index in [4.69, 9.17) is 4.74 Å². The molecule has 1 amide bonds. The van der Waals surface area contributed by atoms with Gasteiger partial charge in [-0.25, -0.2) is 9.52 Å². The maximum atomic E-state index is 12.2. The number of piperazine rings is 1. The predicted octanol–water partition coefficient (Wildman–Crippen LogP) is 1.57. The van der Waals surface area contributed by atoms with Crippen molar-refractivity contribution in [2.75, 3.05) is 26.2 Å². The van der Waals surface area contributed by atoms with Crippen LogP contribution < -0.4 is 4.72 Å². The molecular formula is C16H25N3O4S. The highest BCUT2D eigenvalue weighted by Crippen LogP contribution is 2.12. The van der Waals surface area contributed by atoms with Gasteiger partial charge in [-0.3, -0.25) is 4.90 Å². The van der Waals surface area contributed by atoms with Crippen molar-refractivity contribution in [3.05, 3.63) is 35.9 Å². The Labute approximate surface area is 143 Å². The fourth-order valence-corrected chi connectivity index (χ4v) is 3.46. The third-order valence-electron chi connectivity index (χ3n) is 3.53. The molecule has 0 atom stereocenters. The molecule has 8 heteroatoms. The first kappa shape index (κ1) is 18.7. The summed E-state index contributed by atoms with van der Waals surface area (Å²) in [6, 6.07) is 10.0. The predicted molar refractivity (Wildman–Crippen MR) is 91.6 cm³/mol. The standard InChI is InChI=1S/C16H25N3O4S/c1-16(2,3)23-15(20)17-24(21,22)19-11-9-18(10-12-19)13-14-7-5-4-6-8-14/h4-8H,9-13H2,1-3H3,(H,17,20). The molecule has 1 aromatic carbocycles. The van der Waals surface area contributed by atoms with Crippen LogP contribution in [-0.2, 0) is 21.5 Å². The second-order valence-electron chi connectivity index (χ2n) is 6.77. The molecule has 1 aliphatic rings. The van der Waals surface area contributed by atoms with Crippen LogP contribution in [0.1, 0.15) is 26.3 Å². The van der Waals surface area contributed by atoms with E-state index >= 15 is 0 Å². The minimum Gasteiger partial charge on any atom is -0.443 e. The van der Waals surface area contributed by atoms with Gasteiger partial charge in [0.2, 0.25) is 0 Å². The quantitative estimate of drug-likeness (QED) is 0.887. The average molecular weight is 355 g/mol. The van der Waals surface area contributed by atoms with Crippen LogP contribution in [0.15, 0.2) is 30.3 Å². The zero-order valence-electron chi connectivity index (χ0n) is 14.4. The number of hydrogen-bond acceptors (Lipinski definition) is 5. The minimum absolute atomic E-state index is 0.338. The van der Waals surface area contributed by atoms with E-state index in [1.54, 1.807) is 20.8 Å². The summed E-state index contributed by atoms with van der Waals surface area (Å²) in [6.45, 7) is 7.74. The Morgan fingerprint density at radius 3 is 2.25 bits per heavy atom. The van der Waals surface area contributed by atoms with Gasteiger partial charge in [-0.1, -0.05) is 30.3 Å². The summed E-state index contributed by atoms with van der Waals surface area (Å²) in [6.07, 6.45) is -0.950. The Bertz CT molecular complexity index is 648. The molecule has 0 unspecified atom stereocenters. The number of nitrogens with one attached hydrogen (secondary N) is 1. The van der Waals surface area contributed by atoms with E-state index in [9.17, 15) is 13.2 Å². The van der Waals surface area contributed by atoms with E-state index in [2.05, 4.69) is 4.90 Å². The second kappa shape index (κ2) is 7.50. The molecular weight excluding hydrogens is 330 g/mol. The molecule has 1 aliphatic heterocycles. The van der Waals surface area contributed by atoms with Gasteiger partial charge in [0.05, 0.1) is 0 Å². The molecule has 1 N–H and O–H groups in total. The van der Waals surface area contributed by atoms with Crippen LogP contribution in [0, 0.1) is 0 Å². The number of carbonyl (C=O) groups is 1. The van der Waals surface area contributed by atoms with E-state index in [-0.39, 0.29) is 0 Å². The molecule has 1 fully saturated rings. The van der Waals surface area contributed by atoms with Crippen molar-refractivity contribution in [3.8, 4) is 0 Å². The highest BCUT2D eigenvalue weighted by molar-refractivity contribution is 7.87. The Balaban J connectivity index is 1.85. The minimum atomic E-state index is -3.87. The lowest BCUT2D eigenvalue weighted by atomic mass is 10.2. The normalized spacial score (nSPS) is 17.5. The van der Waals surface area contributed by atoms with Crippen molar-refractivity contribution in [3.63, 3.8) is 0 Å². The summed E-state index contributed by atoms with van der Waals surface area (Å²) in [5.41, 5.74) is 0.453. The molecule has 7 nitrogen and oxygen atoms in total. The number of rotatable bonds is 4. The van der Waals surface area contributed by atoms with Gasteiger partial charge in [0, 0.05) is 32.7 Å². The van der Waals surface area contributed by atoms with Gasteiger partial charge >= 0.3 is 16.3 Å². The highest BCUT2D eigenvalue weighted by Gasteiger charge is 2.30. The number of benzene rings is 1. The lowest BCUT2D eigenvalue weighted by Crippen LogP contribution is -2.53. The van der Waals surface area contributed by atoms with Crippen LogP contribution in [0.25, 0.3) is 0 Å². The molecule has 1 heterocycles. The largest absolute Gasteiger partial charge is 0.443 e. The fraction of sp³-hybridized carbons (Fsp3) is 0.562.